The van der Waals surface area contributed by atoms with Crippen molar-refractivity contribution < 1.29 is 9.47 Å². The van der Waals surface area contributed by atoms with Gasteiger partial charge in [0.1, 0.15) is 0 Å². The van der Waals surface area contributed by atoms with Crippen molar-refractivity contribution >= 4 is 27.0 Å². The number of nitrogens with one attached hydrogen (secondary N) is 2. The maximum Gasteiger partial charge on any atom is 0.323 e. The fourth-order valence-electron chi connectivity index (χ4n) is 2.11. The number of halogens is 1. The molecule has 1 fully saturated rings. The Bertz CT molecular complexity index is 601. The molecule has 1 aliphatic rings. The Morgan fingerprint density at radius 3 is 2.89 bits per heavy atom. The van der Waals surface area contributed by atoms with Crippen molar-refractivity contribution in [2.24, 2.45) is 0 Å². The maximum atomic E-state index is 11.2. The number of hydrogen-bond acceptors (Lipinski definition) is 3. The number of aromatic amines is 2. The van der Waals surface area contributed by atoms with Crippen molar-refractivity contribution in [1.29, 1.82) is 0 Å². The van der Waals surface area contributed by atoms with Gasteiger partial charge in [-0.25, -0.2) is 4.79 Å². The first-order chi connectivity index (χ1) is 8.74. The maximum absolute atomic E-state index is 11.2. The Morgan fingerprint density at radius 2 is 2.11 bits per heavy atom. The van der Waals surface area contributed by atoms with E-state index in [-0.39, 0.29) is 16.6 Å². The Labute approximate surface area is 112 Å². The molecule has 5 nitrogen and oxygen atoms in total. The van der Waals surface area contributed by atoms with Crippen LogP contribution in [-0.4, -0.2) is 35.9 Å². The van der Waals surface area contributed by atoms with Crippen LogP contribution in [0.15, 0.2) is 23.0 Å². The van der Waals surface area contributed by atoms with Gasteiger partial charge in [0.05, 0.1) is 41.8 Å². The van der Waals surface area contributed by atoms with E-state index in [4.69, 9.17) is 9.47 Å². The van der Waals surface area contributed by atoms with Crippen molar-refractivity contribution in [3.63, 3.8) is 0 Å². The van der Waals surface area contributed by atoms with Crippen LogP contribution in [0.5, 0.6) is 0 Å². The second kappa shape index (κ2) is 4.87. The van der Waals surface area contributed by atoms with Gasteiger partial charge in [0, 0.05) is 0 Å². The van der Waals surface area contributed by atoms with Gasteiger partial charge in [-0.1, -0.05) is 22.0 Å². The molecular formula is C12H13BrN2O3. The molecule has 2 atom stereocenters. The standard InChI is InChI=1S/C12H13BrN2O3/c13-11(10-6-17-3-4-18-10)7-1-2-8-9(5-7)15-12(16)14-8/h1-2,5,10-11H,3-4,6H2,(H2,14,15,16). The molecule has 0 radical (unpaired) electrons. The van der Waals surface area contributed by atoms with Crippen LogP contribution < -0.4 is 5.69 Å². The van der Waals surface area contributed by atoms with E-state index in [2.05, 4.69) is 25.9 Å². The van der Waals surface area contributed by atoms with Gasteiger partial charge < -0.3 is 19.4 Å². The van der Waals surface area contributed by atoms with E-state index in [9.17, 15) is 4.79 Å². The molecule has 96 valence electrons. The largest absolute Gasteiger partial charge is 0.376 e. The lowest BCUT2D eigenvalue weighted by Gasteiger charge is -2.27. The normalized spacial score (nSPS) is 22.2. The van der Waals surface area contributed by atoms with Crippen molar-refractivity contribution in [3.8, 4) is 0 Å². The zero-order valence-electron chi connectivity index (χ0n) is 9.61. The smallest absolute Gasteiger partial charge is 0.323 e. The molecule has 18 heavy (non-hydrogen) atoms. The molecule has 0 amide bonds. The van der Waals surface area contributed by atoms with Gasteiger partial charge in [-0.3, -0.25) is 0 Å². The van der Waals surface area contributed by atoms with Gasteiger partial charge in [0.15, 0.2) is 0 Å². The summed E-state index contributed by atoms with van der Waals surface area (Å²) in [6, 6.07) is 5.81. The quantitative estimate of drug-likeness (QED) is 0.830. The van der Waals surface area contributed by atoms with E-state index in [0.717, 1.165) is 16.6 Å². The minimum absolute atomic E-state index is 0.00173. The molecule has 2 aromatic rings. The van der Waals surface area contributed by atoms with E-state index in [1.807, 2.05) is 18.2 Å². The molecule has 0 spiro atoms. The molecular weight excluding hydrogens is 300 g/mol. The predicted molar refractivity (Wildman–Crippen MR) is 71.1 cm³/mol. The Kier molecular flexibility index (Phi) is 3.23. The summed E-state index contributed by atoms with van der Waals surface area (Å²) < 4.78 is 11.1. The molecule has 2 N–H and O–H groups in total. The molecule has 1 aliphatic heterocycles. The topological polar surface area (TPSA) is 67.1 Å². The number of H-pyrrole nitrogens is 2. The van der Waals surface area contributed by atoms with E-state index in [1.165, 1.54) is 0 Å². The molecule has 1 saturated heterocycles. The molecule has 2 heterocycles. The lowest BCUT2D eigenvalue weighted by Crippen LogP contribution is -2.31. The van der Waals surface area contributed by atoms with E-state index in [1.54, 1.807) is 0 Å². The third kappa shape index (κ3) is 2.23. The van der Waals surface area contributed by atoms with Crippen LogP contribution in [0.3, 0.4) is 0 Å². The first-order valence-electron chi connectivity index (χ1n) is 5.79. The van der Waals surface area contributed by atoms with Crippen molar-refractivity contribution in [2.75, 3.05) is 19.8 Å². The number of imidazole rings is 1. The highest BCUT2D eigenvalue weighted by Crippen LogP contribution is 2.31. The van der Waals surface area contributed by atoms with Gasteiger partial charge in [-0.15, -0.1) is 0 Å². The van der Waals surface area contributed by atoms with Gasteiger partial charge in [0.25, 0.3) is 0 Å². The molecule has 0 saturated carbocycles. The van der Waals surface area contributed by atoms with Crippen LogP contribution in [0, 0.1) is 0 Å². The number of ether oxygens (including phenoxy) is 2. The van der Waals surface area contributed by atoms with Crippen molar-refractivity contribution in [2.45, 2.75) is 10.9 Å². The van der Waals surface area contributed by atoms with Crippen molar-refractivity contribution in [3.05, 3.63) is 34.2 Å². The van der Waals surface area contributed by atoms with Gasteiger partial charge in [-0.05, 0) is 17.7 Å². The van der Waals surface area contributed by atoms with E-state index >= 15 is 0 Å². The summed E-state index contributed by atoms with van der Waals surface area (Å²) in [4.78, 5) is 16.7. The summed E-state index contributed by atoms with van der Waals surface area (Å²) in [5.41, 5.74) is 2.49. The number of alkyl halides is 1. The van der Waals surface area contributed by atoms with Crippen molar-refractivity contribution in [1.82, 2.24) is 9.97 Å². The molecule has 1 aromatic heterocycles. The summed E-state index contributed by atoms with van der Waals surface area (Å²) in [7, 11) is 0. The lowest BCUT2D eigenvalue weighted by atomic mass is 10.1. The summed E-state index contributed by atoms with van der Waals surface area (Å²) in [5, 5.41) is 0. The average molecular weight is 313 g/mol. The van der Waals surface area contributed by atoms with Crippen LogP contribution in [0.2, 0.25) is 0 Å². The van der Waals surface area contributed by atoms with Crippen LogP contribution >= 0.6 is 15.9 Å². The minimum atomic E-state index is -0.189. The highest BCUT2D eigenvalue weighted by molar-refractivity contribution is 9.09. The number of benzene rings is 1. The average Bonchev–Trinajstić information content (AvgIpc) is 2.78. The molecule has 2 unspecified atom stereocenters. The van der Waals surface area contributed by atoms with Crippen LogP contribution in [0.4, 0.5) is 0 Å². The molecule has 0 aliphatic carbocycles. The fourth-order valence-corrected chi connectivity index (χ4v) is 2.70. The molecule has 1 aromatic carbocycles. The second-order valence-electron chi connectivity index (χ2n) is 4.27. The highest BCUT2D eigenvalue weighted by atomic mass is 79.9. The third-order valence-corrected chi connectivity index (χ3v) is 4.14. The summed E-state index contributed by atoms with van der Waals surface area (Å²) in [5.74, 6) is 0. The summed E-state index contributed by atoms with van der Waals surface area (Å²) >= 11 is 3.63. The highest BCUT2D eigenvalue weighted by Gasteiger charge is 2.24. The lowest BCUT2D eigenvalue weighted by molar-refractivity contribution is -0.0876. The van der Waals surface area contributed by atoms with Gasteiger partial charge in [0.2, 0.25) is 0 Å². The molecule has 6 heteroatoms. The van der Waals surface area contributed by atoms with E-state index < -0.39 is 0 Å². The number of rotatable bonds is 2. The first-order valence-corrected chi connectivity index (χ1v) is 6.71. The van der Waals surface area contributed by atoms with Gasteiger partial charge in [-0.2, -0.15) is 0 Å². The number of aromatic nitrogens is 2. The monoisotopic (exact) mass is 312 g/mol. The molecule has 0 bridgehead atoms. The number of hydrogen-bond donors (Lipinski definition) is 2. The Morgan fingerprint density at radius 1 is 1.28 bits per heavy atom. The van der Waals surface area contributed by atoms with E-state index in [0.29, 0.717) is 19.8 Å². The Hall–Kier alpha value is -1.11. The Balaban J connectivity index is 1.90. The predicted octanol–water partition coefficient (Wildman–Crippen LogP) is 1.71. The van der Waals surface area contributed by atoms with Crippen LogP contribution in [0.25, 0.3) is 11.0 Å². The summed E-state index contributed by atoms with van der Waals surface area (Å²) in [6.45, 7) is 1.86. The molecule has 3 rings (SSSR count). The van der Waals surface area contributed by atoms with Crippen LogP contribution in [0.1, 0.15) is 10.4 Å². The summed E-state index contributed by atoms with van der Waals surface area (Å²) in [6.07, 6.45) is 0.00173. The number of fused-ring (bicyclic) bond motifs is 1. The zero-order valence-corrected chi connectivity index (χ0v) is 11.2. The fraction of sp³-hybridized carbons (Fsp3) is 0.417. The second-order valence-corrected chi connectivity index (χ2v) is 5.26. The minimum Gasteiger partial charge on any atom is -0.376 e. The first kappa shape index (κ1) is 12.0. The third-order valence-electron chi connectivity index (χ3n) is 3.03. The zero-order chi connectivity index (χ0) is 12.5. The van der Waals surface area contributed by atoms with Gasteiger partial charge >= 0.3 is 5.69 Å². The van der Waals surface area contributed by atoms with Crippen LogP contribution in [-0.2, 0) is 9.47 Å². The SMILES string of the molecule is O=c1[nH]c2ccc(C(Br)C3COCCO3)cc2[nH]1.